The van der Waals surface area contributed by atoms with E-state index < -0.39 is 11.9 Å². The van der Waals surface area contributed by atoms with Crippen molar-refractivity contribution in [2.75, 3.05) is 0 Å². The van der Waals surface area contributed by atoms with E-state index in [1.165, 1.54) is 0 Å². The Labute approximate surface area is 167 Å². The van der Waals surface area contributed by atoms with Crippen molar-refractivity contribution in [3.05, 3.63) is 47.7 Å². The van der Waals surface area contributed by atoms with E-state index in [2.05, 4.69) is 10.2 Å². The number of aliphatic carboxylic acids is 1. The van der Waals surface area contributed by atoms with E-state index in [0.29, 0.717) is 17.3 Å². The highest BCUT2D eigenvalue weighted by Crippen LogP contribution is 2.36. The van der Waals surface area contributed by atoms with E-state index in [1.54, 1.807) is 12.1 Å². The van der Waals surface area contributed by atoms with Crippen LogP contribution in [0.4, 0.5) is 0 Å². The molecule has 1 saturated carbocycles. The second-order valence-electron chi connectivity index (χ2n) is 7.39. The fraction of sp³-hybridized carbons (Fsp3) is 0.318. The zero-order chi connectivity index (χ0) is 20.4. The summed E-state index contributed by atoms with van der Waals surface area (Å²) in [6.45, 7) is 0. The van der Waals surface area contributed by atoms with Gasteiger partial charge < -0.3 is 14.9 Å². The summed E-state index contributed by atoms with van der Waals surface area (Å²) in [6, 6.07) is 11.2. The number of fused-ring (bicyclic) bond motifs is 1. The fourth-order valence-electron chi connectivity index (χ4n) is 3.84. The Bertz CT molecular complexity index is 1070. The number of nitrogens with zero attached hydrogens (tertiary/aromatic N) is 1. The molecule has 3 aromatic rings. The number of H-pyrrole nitrogens is 1. The van der Waals surface area contributed by atoms with E-state index in [-0.39, 0.29) is 18.2 Å². The summed E-state index contributed by atoms with van der Waals surface area (Å²) in [5.74, 6) is -1.20. The van der Waals surface area contributed by atoms with Crippen molar-refractivity contribution in [2.24, 2.45) is 0 Å². The molecule has 0 atom stereocenters. The maximum Gasteiger partial charge on any atom is 0.357 e. The SMILES string of the molecule is O=C(O)CCc1ccc(OC2CCCC2)c(-c2ccc3[nH]nc(C(=O)O)c3c2)c1. The smallest absolute Gasteiger partial charge is 0.357 e. The number of nitrogens with one attached hydrogen (secondary N) is 1. The third-order valence-electron chi connectivity index (χ3n) is 5.34. The van der Waals surface area contributed by atoms with Crippen LogP contribution in [0.3, 0.4) is 0 Å². The lowest BCUT2D eigenvalue weighted by Gasteiger charge is -2.18. The molecule has 3 N–H and O–H groups in total. The summed E-state index contributed by atoms with van der Waals surface area (Å²) in [5, 5.41) is 25.5. The Morgan fingerprint density at radius 3 is 2.62 bits per heavy atom. The molecule has 0 amide bonds. The zero-order valence-corrected chi connectivity index (χ0v) is 15.9. The summed E-state index contributed by atoms with van der Waals surface area (Å²) >= 11 is 0. The lowest BCUT2D eigenvalue weighted by atomic mass is 9.98. The fourth-order valence-corrected chi connectivity index (χ4v) is 3.84. The van der Waals surface area contributed by atoms with E-state index in [0.717, 1.165) is 48.1 Å². The Kier molecular flexibility index (Phi) is 5.20. The molecule has 1 aliphatic carbocycles. The Hall–Kier alpha value is -3.35. The minimum atomic E-state index is -1.09. The number of rotatable bonds is 7. The van der Waals surface area contributed by atoms with Crippen molar-refractivity contribution in [2.45, 2.75) is 44.6 Å². The topological polar surface area (TPSA) is 113 Å². The Balaban J connectivity index is 1.76. The molecule has 0 unspecified atom stereocenters. The molecule has 150 valence electrons. The average molecular weight is 394 g/mol. The van der Waals surface area contributed by atoms with Crippen molar-refractivity contribution >= 4 is 22.8 Å². The molecule has 1 fully saturated rings. The van der Waals surface area contributed by atoms with Gasteiger partial charge in [0.1, 0.15) is 5.75 Å². The molecule has 0 spiro atoms. The van der Waals surface area contributed by atoms with Crippen LogP contribution in [0.25, 0.3) is 22.0 Å². The standard InChI is InChI=1S/C22H22N2O5/c25-20(26)10-6-13-5-9-19(29-15-3-1-2-4-15)16(11-13)14-7-8-18-17(12-14)21(22(27)28)24-23-18/h5,7-9,11-12,15H,1-4,6,10H2,(H,23,24)(H,25,26)(H,27,28). The van der Waals surface area contributed by atoms with Crippen LogP contribution in [-0.4, -0.2) is 38.5 Å². The summed E-state index contributed by atoms with van der Waals surface area (Å²) in [5.41, 5.74) is 3.16. The van der Waals surface area contributed by atoms with Crippen LogP contribution in [-0.2, 0) is 11.2 Å². The first-order valence-electron chi connectivity index (χ1n) is 9.74. The number of carboxylic acid groups (broad SMARTS) is 2. The number of carboxylic acids is 2. The second-order valence-corrected chi connectivity index (χ2v) is 7.39. The van der Waals surface area contributed by atoms with Crippen molar-refractivity contribution < 1.29 is 24.5 Å². The van der Waals surface area contributed by atoms with Gasteiger partial charge in [-0.05, 0) is 67.5 Å². The van der Waals surface area contributed by atoms with E-state index >= 15 is 0 Å². The van der Waals surface area contributed by atoms with E-state index in [4.69, 9.17) is 9.84 Å². The molecule has 0 bridgehead atoms. The highest BCUT2D eigenvalue weighted by molar-refractivity contribution is 6.02. The number of aryl methyl sites for hydroxylation is 1. The number of ether oxygens (including phenoxy) is 1. The van der Waals surface area contributed by atoms with E-state index in [9.17, 15) is 14.7 Å². The molecule has 0 radical (unpaired) electrons. The van der Waals surface area contributed by atoms with Gasteiger partial charge in [-0.15, -0.1) is 0 Å². The number of hydrogen-bond donors (Lipinski definition) is 3. The molecule has 7 heteroatoms. The Morgan fingerprint density at radius 1 is 1.10 bits per heavy atom. The minimum Gasteiger partial charge on any atom is -0.490 e. The maximum absolute atomic E-state index is 11.5. The van der Waals surface area contributed by atoms with Crippen LogP contribution >= 0.6 is 0 Å². The van der Waals surface area contributed by atoms with Gasteiger partial charge in [0, 0.05) is 17.4 Å². The first kappa shape index (κ1) is 19.0. The maximum atomic E-state index is 11.5. The summed E-state index contributed by atoms with van der Waals surface area (Å²) < 4.78 is 6.26. The van der Waals surface area contributed by atoms with Crippen LogP contribution in [0.1, 0.15) is 48.2 Å². The zero-order valence-electron chi connectivity index (χ0n) is 15.9. The molecule has 2 aromatic carbocycles. The predicted octanol–water partition coefficient (Wildman–Crippen LogP) is 4.27. The number of aromatic carboxylic acids is 1. The van der Waals surface area contributed by atoms with Crippen LogP contribution in [0.2, 0.25) is 0 Å². The molecule has 29 heavy (non-hydrogen) atoms. The molecular formula is C22H22N2O5. The molecule has 0 saturated heterocycles. The molecule has 0 aliphatic heterocycles. The summed E-state index contributed by atoms with van der Waals surface area (Å²) in [6.07, 6.45) is 4.98. The lowest BCUT2D eigenvalue weighted by molar-refractivity contribution is -0.136. The Morgan fingerprint density at radius 2 is 1.90 bits per heavy atom. The average Bonchev–Trinajstić information content (AvgIpc) is 3.36. The quantitative estimate of drug-likeness (QED) is 0.552. The van der Waals surface area contributed by atoms with E-state index in [1.807, 2.05) is 24.3 Å². The van der Waals surface area contributed by atoms with Crippen LogP contribution in [0.15, 0.2) is 36.4 Å². The number of carbonyl (C=O) groups is 2. The van der Waals surface area contributed by atoms with Crippen molar-refractivity contribution in [3.8, 4) is 16.9 Å². The highest BCUT2D eigenvalue weighted by Gasteiger charge is 2.20. The van der Waals surface area contributed by atoms with Crippen molar-refractivity contribution in [1.82, 2.24) is 10.2 Å². The largest absolute Gasteiger partial charge is 0.490 e. The van der Waals surface area contributed by atoms with Crippen molar-refractivity contribution in [1.29, 1.82) is 0 Å². The predicted molar refractivity (Wildman–Crippen MR) is 107 cm³/mol. The lowest BCUT2D eigenvalue weighted by Crippen LogP contribution is -2.11. The van der Waals surface area contributed by atoms with Crippen LogP contribution < -0.4 is 4.74 Å². The monoisotopic (exact) mass is 394 g/mol. The molecule has 1 heterocycles. The van der Waals surface area contributed by atoms with Gasteiger partial charge in [0.25, 0.3) is 0 Å². The summed E-state index contributed by atoms with van der Waals surface area (Å²) in [7, 11) is 0. The first-order valence-corrected chi connectivity index (χ1v) is 9.74. The number of aromatic nitrogens is 2. The molecule has 1 aliphatic rings. The van der Waals surface area contributed by atoms with Gasteiger partial charge in [-0.1, -0.05) is 12.1 Å². The van der Waals surface area contributed by atoms with Gasteiger partial charge in [0.2, 0.25) is 0 Å². The second kappa shape index (κ2) is 7.95. The van der Waals surface area contributed by atoms with Gasteiger partial charge in [0.15, 0.2) is 5.69 Å². The highest BCUT2D eigenvalue weighted by atomic mass is 16.5. The van der Waals surface area contributed by atoms with Gasteiger partial charge in [-0.2, -0.15) is 5.10 Å². The van der Waals surface area contributed by atoms with Gasteiger partial charge >= 0.3 is 11.9 Å². The molecule has 4 rings (SSSR count). The number of aromatic amines is 1. The molecule has 7 nitrogen and oxygen atoms in total. The minimum absolute atomic E-state index is 0.0258. The number of hydrogen-bond acceptors (Lipinski definition) is 4. The summed E-state index contributed by atoms with van der Waals surface area (Å²) in [4.78, 5) is 22.4. The normalized spacial score (nSPS) is 14.3. The first-order chi connectivity index (χ1) is 14.0. The van der Waals surface area contributed by atoms with Gasteiger partial charge in [-0.3, -0.25) is 9.89 Å². The molecule has 1 aromatic heterocycles. The van der Waals surface area contributed by atoms with Crippen molar-refractivity contribution in [3.63, 3.8) is 0 Å². The van der Waals surface area contributed by atoms with Crippen LogP contribution in [0, 0.1) is 0 Å². The van der Waals surface area contributed by atoms with Gasteiger partial charge in [-0.25, -0.2) is 4.79 Å². The van der Waals surface area contributed by atoms with Gasteiger partial charge in [0.05, 0.1) is 11.6 Å². The number of benzene rings is 2. The third kappa shape index (κ3) is 4.08. The van der Waals surface area contributed by atoms with Crippen LogP contribution in [0.5, 0.6) is 5.75 Å². The third-order valence-corrected chi connectivity index (χ3v) is 5.34. The molecular weight excluding hydrogens is 372 g/mol.